The van der Waals surface area contributed by atoms with E-state index in [1.54, 1.807) is 0 Å². The van der Waals surface area contributed by atoms with Gasteiger partial charge in [0.1, 0.15) is 0 Å². The van der Waals surface area contributed by atoms with Crippen LogP contribution in [-0.4, -0.2) is 42.8 Å². The molecule has 0 bridgehead atoms. The highest BCUT2D eigenvalue weighted by Crippen LogP contribution is 2.46. The van der Waals surface area contributed by atoms with Crippen LogP contribution in [0.5, 0.6) is 0 Å². The van der Waals surface area contributed by atoms with E-state index in [4.69, 9.17) is 10.5 Å². The minimum Gasteiger partial charge on any atom is -0.377 e. The molecule has 1 saturated heterocycles. The first-order chi connectivity index (χ1) is 7.97. The second-order valence-corrected chi connectivity index (χ2v) is 6.75. The molecule has 2 aliphatic rings. The van der Waals surface area contributed by atoms with E-state index in [0.717, 1.165) is 32.7 Å². The third-order valence-electron chi connectivity index (χ3n) is 4.58. The van der Waals surface area contributed by atoms with Crippen molar-refractivity contribution in [1.29, 1.82) is 0 Å². The molecule has 1 heterocycles. The molecule has 100 valence electrons. The fraction of sp³-hybridized carbons (Fsp3) is 1.00. The average molecular weight is 240 g/mol. The second kappa shape index (κ2) is 4.87. The quantitative estimate of drug-likeness (QED) is 0.802. The van der Waals surface area contributed by atoms with Crippen LogP contribution in [0.2, 0.25) is 0 Å². The number of hydrogen-bond donors (Lipinski definition) is 1. The highest BCUT2D eigenvalue weighted by Gasteiger charge is 2.46. The maximum Gasteiger partial charge on any atom is 0.0674 e. The maximum atomic E-state index is 6.13. The molecular weight excluding hydrogens is 212 g/mol. The van der Waals surface area contributed by atoms with E-state index in [2.05, 4.69) is 25.7 Å². The zero-order valence-corrected chi connectivity index (χ0v) is 11.7. The Bertz CT molecular complexity index is 267. The van der Waals surface area contributed by atoms with Gasteiger partial charge >= 0.3 is 0 Å². The van der Waals surface area contributed by atoms with Crippen molar-refractivity contribution in [2.75, 3.05) is 26.2 Å². The molecule has 2 rings (SSSR count). The Labute approximate surface area is 106 Å². The predicted octanol–water partition coefficient (Wildman–Crippen LogP) is 2.00. The van der Waals surface area contributed by atoms with Crippen molar-refractivity contribution in [2.45, 2.75) is 58.1 Å². The van der Waals surface area contributed by atoms with Gasteiger partial charge in [-0.25, -0.2) is 0 Å². The zero-order valence-electron chi connectivity index (χ0n) is 11.7. The van der Waals surface area contributed by atoms with Gasteiger partial charge in [0.05, 0.1) is 6.10 Å². The van der Waals surface area contributed by atoms with Gasteiger partial charge in [-0.1, -0.05) is 13.8 Å². The van der Waals surface area contributed by atoms with Gasteiger partial charge in [-0.3, -0.25) is 4.90 Å². The van der Waals surface area contributed by atoms with Crippen LogP contribution in [-0.2, 0) is 4.74 Å². The van der Waals surface area contributed by atoms with E-state index < -0.39 is 0 Å². The van der Waals surface area contributed by atoms with Gasteiger partial charge in [0, 0.05) is 31.8 Å². The number of nitrogens with zero attached hydrogens (tertiary/aromatic N) is 1. The molecule has 2 fully saturated rings. The molecular formula is C14H28N2O. The van der Waals surface area contributed by atoms with E-state index in [9.17, 15) is 0 Å². The molecule has 1 aliphatic heterocycles. The molecule has 2 unspecified atom stereocenters. The van der Waals surface area contributed by atoms with Crippen LogP contribution >= 0.6 is 0 Å². The first kappa shape index (κ1) is 13.3. The largest absolute Gasteiger partial charge is 0.377 e. The summed E-state index contributed by atoms with van der Waals surface area (Å²) in [5.41, 5.74) is 6.83. The van der Waals surface area contributed by atoms with Gasteiger partial charge in [0.2, 0.25) is 0 Å². The SMILES string of the molecule is CC1CN(C2(CN)CCC(C)(C)C2)CCCO1. The normalized spacial score (nSPS) is 39.2. The molecule has 0 aromatic heterocycles. The monoisotopic (exact) mass is 240 g/mol. The minimum atomic E-state index is 0.242. The number of ether oxygens (including phenoxy) is 1. The summed E-state index contributed by atoms with van der Waals surface area (Å²) >= 11 is 0. The van der Waals surface area contributed by atoms with Crippen molar-refractivity contribution in [3.8, 4) is 0 Å². The molecule has 0 amide bonds. The smallest absolute Gasteiger partial charge is 0.0674 e. The highest BCUT2D eigenvalue weighted by molar-refractivity contribution is 5.02. The number of rotatable bonds is 2. The van der Waals surface area contributed by atoms with Crippen LogP contribution in [0, 0.1) is 5.41 Å². The minimum absolute atomic E-state index is 0.242. The summed E-state index contributed by atoms with van der Waals surface area (Å²) in [5.74, 6) is 0. The summed E-state index contributed by atoms with van der Waals surface area (Å²) in [6, 6.07) is 0. The lowest BCUT2D eigenvalue weighted by Gasteiger charge is -2.41. The van der Waals surface area contributed by atoms with Crippen LogP contribution in [0.4, 0.5) is 0 Å². The Morgan fingerprint density at radius 2 is 2.12 bits per heavy atom. The molecule has 0 spiro atoms. The molecule has 3 heteroatoms. The van der Waals surface area contributed by atoms with Gasteiger partial charge in [-0.05, 0) is 38.0 Å². The Morgan fingerprint density at radius 1 is 1.35 bits per heavy atom. The molecule has 3 nitrogen and oxygen atoms in total. The third kappa shape index (κ3) is 2.83. The second-order valence-electron chi connectivity index (χ2n) is 6.75. The van der Waals surface area contributed by atoms with E-state index in [-0.39, 0.29) is 5.54 Å². The predicted molar refractivity (Wildman–Crippen MR) is 71.0 cm³/mol. The van der Waals surface area contributed by atoms with Crippen molar-refractivity contribution in [3.63, 3.8) is 0 Å². The summed E-state index contributed by atoms with van der Waals surface area (Å²) in [7, 11) is 0. The third-order valence-corrected chi connectivity index (χ3v) is 4.58. The van der Waals surface area contributed by atoms with Crippen LogP contribution in [0.3, 0.4) is 0 Å². The van der Waals surface area contributed by atoms with Crippen LogP contribution in [0.15, 0.2) is 0 Å². The molecule has 0 radical (unpaired) electrons. The topological polar surface area (TPSA) is 38.5 Å². The summed E-state index contributed by atoms with van der Waals surface area (Å²) in [5, 5.41) is 0. The lowest BCUT2D eigenvalue weighted by molar-refractivity contribution is 0.0359. The van der Waals surface area contributed by atoms with Crippen molar-refractivity contribution in [2.24, 2.45) is 11.1 Å². The van der Waals surface area contributed by atoms with Crippen LogP contribution in [0.25, 0.3) is 0 Å². The zero-order chi connectivity index (χ0) is 12.5. The molecule has 1 aliphatic carbocycles. The lowest BCUT2D eigenvalue weighted by atomic mass is 9.86. The molecule has 2 atom stereocenters. The van der Waals surface area contributed by atoms with Crippen molar-refractivity contribution < 1.29 is 4.74 Å². The average Bonchev–Trinajstić information content (AvgIpc) is 2.45. The van der Waals surface area contributed by atoms with Gasteiger partial charge in [0.15, 0.2) is 0 Å². The Kier molecular flexibility index (Phi) is 3.81. The fourth-order valence-corrected chi connectivity index (χ4v) is 3.64. The van der Waals surface area contributed by atoms with Crippen molar-refractivity contribution in [3.05, 3.63) is 0 Å². The molecule has 2 N–H and O–H groups in total. The van der Waals surface area contributed by atoms with Crippen LogP contribution in [0.1, 0.15) is 46.5 Å². The number of nitrogens with two attached hydrogens (primary N) is 1. The standard InChI is InChI=1S/C14H28N2O/c1-12-9-16(7-4-8-17-12)14(11-15)6-5-13(2,3)10-14/h12H,4-11,15H2,1-3H3. The number of hydrogen-bond acceptors (Lipinski definition) is 3. The summed E-state index contributed by atoms with van der Waals surface area (Å²) < 4.78 is 5.75. The van der Waals surface area contributed by atoms with Gasteiger partial charge in [-0.15, -0.1) is 0 Å². The van der Waals surface area contributed by atoms with E-state index in [1.807, 2.05) is 0 Å². The lowest BCUT2D eigenvalue weighted by Crippen LogP contribution is -2.54. The molecule has 17 heavy (non-hydrogen) atoms. The fourth-order valence-electron chi connectivity index (χ4n) is 3.64. The summed E-state index contributed by atoms with van der Waals surface area (Å²) in [4.78, 5) is 2.62. The first-order valence-corrected chi connectivity index (χ1v) is 7.04. The van der Waals surface area contributed by atoms with Gasteiger partial charge < -0.3 is 10.5 Å². The van der Waals surface area contributed by atoms with Crippen molar-refractivity contribution >= 4 is 0 Å². The molecule has 0 aromatic rings. The van der Waals surface area contributed by atoms with Gasteiger partial charge in [0.25, 0.3) is 0 Å². The molecule has 0 aromatic carbocycles. The van der Waals surface area contributed by atoms with Crippen LogP contribution < -0.4 is 5.73 Å². The Balaban J connectivity index is 2.11. The van der Waals surface area contributed by atoms with E-state index >= 15 is 0 Å². The Morgan fingerprint density at radius 3 is 2.71 bits per heavy atom. The first-order valence-electron chi connectivity index (χ1n) is 7.04. The van der Waals surface area contributed by atoms with E-state index in [0.29, 0.717) is 11.5 Å². The Hall–Kier alpha value is -0.120. The summed E-state index contributed by atoms with van der Waals surface area (Å²) in [6.07, 6.45) is 5.29. The highest BCUT2D eigenvalue weighted by atomic mass is 16.5. The molecule has 1 saturated carbocycles. The maximum absolute atomic E-state index is 6.13. The van der Waals surface area contributed by atoms with Crippen molar-refractivity contribution in [1.82, 2.24) is 4.90 Å². The van der Waals surface area contributed by atoms with E-state index in [1.165, 1.54) is 19.3 Å². The summed E-state index contributed by atoms with van der Waals surface area (Å²) in [6.45, 7) is 10.8. The van der Waals surface area contributed by atoms with Gasteiger partial charge in [-0.2, -0.15) is 0 Å².